The Morgan fingerprint density at radius 1 is 0.344 bits per heavy atom. The molecule has 0 unspecified atom stereocenters. The second-order valence-corrected chi connectivity index (χ2v) is 16.4. The summed E-state index contributed by atoms with van der Waals surface area (Å²) >= 11 is 0. The quantitative estimate of drug-likeness (QED) is 0.173. The Morgan fingerprint density at radius 3 is 1.61 bits per heavy atom. The first kappa shape index (κ1) is 34.9. The monoisotopic (exact) mass is 819 g/mol. The maximum Gasteiger partial charge on any atom is 0.180 e. The van der Waals surface area contributed by atoms with Crippen molar-refractivity contribution in [1.82, 2.24) is 14.5 Å². The van der Waals surface area contributed by atoms with E-state index in [1.807, 2.05) is 48.5 Å². The fourth-order valence-corrected chi connectivity index (χ4v) is 9.98. The Morgan fingerprint density at radius 2 is 0.891 bits per heavy atom. The van der Waals surface area contributed by atoms with Crippen LogP contribution >= 0.6 is 0 Å². The lowest BCUT2D eigenvalue weighted by Gasteiger charge is -2.21. The molecule has 64 heavy (non-hydrogen) atoms. The molecule has 0 saturated carbocycles. The van der Waals surface area contributed by atoms with Crippen molar-refractivity contribution >= 4 is 87.8 Å². The molecule has 9 aromatic carbocycles. The number of fused-ring (bicyclic) bond motifs is 14. The number of para-hydroxylation sites is 3. The van der Waals surface area contributed by atoms with E-state index in [9.17, 15) is 0 Å². The highest BCUT2D eigenvalue weighted by Crippen LogP contribution is 2.48. The predicted molar refractivity (Wildman–Crippen MR) is 260 cm³/mol. The minimum absolute atomic E-state index is 0.637. The maximum atomic E-state index is 6.95. The molecule has 0 aliphatic heterocycles. The molecule has 298 valence electrons. The van der Waals surface area contributed by atoms with Gasteiger partial charge in [0.05, 0.1) is 27.5 Å². The summed E-state index contributed by atoms with van der Waals surface area (Å²) in [5.74, 6) is 0.637. The largest absolute Gasteiger partial charge is 0.455 e. The molecule has 0 aliphatic carbocycles. The molecule has 14 rings (SSSR count). The molecule has 0 radical (unpaired) electrons. The average molecular weight is 820 g/mol. The predicted octanol–water partition coefficient (Wildman–Crippen LogP) is 15.9. The molecule has 0 bridgehead atoms. The SMILES string of the molecule is c1ccc(-c2nc(-c3cc(-c4ccccc4)c(-n4c5ccccc5c5c6oc7ccc8c9ccccc9oc8c7c6ccc54)c(-c4ccccc4)c3)c3oc4ccccc4c3n2)cc1. The maximum absolute atomic E-state index is 6.95. The van der Waals surface area contributed by atoms with Crippen molar-refractivity contribution in [1.29, 1.82) is 0 Å². The third kappa shape index (κ3) is 5.02. The zero-order valence-corrected chi connectivity index (χ0v) is 34.1. The van der Waals surface area contributed by atoms with Crippen molar-refractivity contribution in [2.45, 2.75) is 0 Å². The minimum atomic E-state index is 0.637. The second kappa shape index (κ2) is 13.4. The van der Waals surface area contributed by atoms with Crippen molar-refractivity contribution in [2.24, 2.45) is 0 Å². The summed E-state index contributed by atoms with van der Waals surface area (Å²) in [5, 5.41) is 7.26. The van der Waals surface area contributed by atoms with Gasteiger partial charge >= 0.3 is 0 Å². The van der Waals surface area contributed by atoms with Crippen molar-refractivity contribution < 1.29 is 13.3 Å². The molecule has 0 saturated heterocycles. The van der Waals surface area contributed by atoms with Gasteiger partial charge in [-0.25, -0.2) is 9.97 Å². The Bertz CT molecular complexity index is 4120. The Labute approximate surface area is 364 Å². The molecule has 6 nitrogen and oxygen atoms in total. The van der Waals surface area contributed by atoms with Crippen LogP contribution in [0.25, 0.3) is 138 Å². The van der Waals surface area contributed by atoms with Crippen LogP contribution in [0.5, 0.6) is 0 Å². The summed E-state index contributed by atoms with van der Waals surface area (Å²) in [6.07, 6.45) is 0. The Kier molecular flexibility index (Phi) is 7.30. The van der Waals surface area contributed by atoms with E-state index < -0.39 is 0 Å². The number of hydrogen-bond acceptors (Lipinski definition) is 5. The summed E-state index contributed by atoms with van der Waals surface area (Å²) in [4.78, 5) is 10.5. The lowest BCUT2D eigenvalue weighted by molar-refractivity contribution is 0.665. The fourth-order valence-electron chi connectivity index (χ4n) is 9.98. The van der Waals surface area contributed by atoms with Gasteiger partial charge in [0.15, 0.2) is 11.4 Å². The number of hydrogen-bond donors (Lipinski definition) is 0. The van der Waals surface area contributed by atoms with Crippen LogP contribution in [-0.4, -0.2) is 14.5 Å². The molecule has 0 amide bonds. The van der Waals surface area contributed by atoms with Gasteiger partial charge in [0.1, 0.15) is 39.1 Å². The van der Waals surface area contributed by atoms with Crippen molar-refractivity contribution in [2.75, 3.05) is 0 Å². The normalized spacial score (nSPS) is 12.1. The van der Waals surface area contributed by atoms with E-state index >= 15 is 0 Å². The zero-order chi connectivity index (χ0) is 41.9. The molecule has 0 spiro atoms. The van der Waals surface area contributed by atoms with Gasteiger partial charge in [-0.2, -0.15) is 0 Å². The van der Waals surface area contributed by atoms with Gasteiger partial charge < -0.3 is 17.8 Å². The minimum Gasteiger partial charge on any atom is -0.455 e. The summed E-state index contributed by atoms with van der Waals surface area (Å²) in [6.45, 7) is 0. The molecular weight excluding hydrogens is 787 g/mol. The van der Waals surface area contributed by atoms with Gasteiger partial charge in [-0.15, -0.1) is 0 Å². The number of benzene rings is 9. The molecule has 0 fully saturated rings. The van der Waals surface area contributed by atoms with Gasteiger partial charge in [0.2, 0.25) is 0 Å². The molecule has 5 heterocycles. The molecule has 0 aliphatic rings. The molecule has 0 atom stereocenters. The molecular formula is C58H33N3O3. The van der Waals surface area contributed by atoms with E-state index in [2.05, 4.69) is 156 Å². The van der Waals surface area contributed by atoms with E-state index in [0.29, 0.717) is 11.4 Å². The van der Waals surface area contributed by atoms with Crippen LogP contribution in [0.1, 0.15) is 0 Å². The third-order valence-corrected chi connectivity index (χ3v) is 12.8. The number of rotatable bonds is 5. The summed E-state index contributed by atoms with van der Waals surface area (Å²) in [5.41, 5.74) is 15.4. The van der Waals surface area contributed by atoms with Gasteiger partial charge in [-0.05, 0) is 71.8 Å². The number of nitrogens with zero attached hydrogens (tertiary/aromatic N) is 3. The highest BCUT2D eigenvalue weighted by molar-refractivity contribution is 6.29. The van der Waals surface area contributed by atoms with Crippen molar-refractivity contribution in [3.05, 3.63) is 200 Å². The highest BCUT2D eigenvalue weighted by atomic mass is 16.3. The lowest BCUT2D eigenvalue weighted by atomic mass is 9.91. The van der Waals surface area contributed by atoms with Crippen LogP contribution in [-0.2, 0) is 0 Å². The first-order valence-electron chi connectivity index (χ1n) is 21.5. The molecule has 5 aromatic heterocycles. The number of furan rings is 3. The van der Waals surface area contributed by atoms with Crippen LogP contribution in [0.3, 0.4) is 0 Å². The van der Waals surface area contributed by atoms with Crippen LogP contribution in [0.2, 0.25) is 0 Å². The van der Waals surface area contributed by atoms with Gasteiger partial charge in [-0.3, -0.25) is 0 Å². The van der Waals surface area contributed by atoms with Crippen LogP contribution in [0, 0.1) is 0 Å². The van der Waals surface area contributed by atoms with E-state index in [1.54, 1.807) is 0 Å². The fraction of sp³-hybridized carbons (Fsp3) is 0. The van der Waals surface area contributed by atoms with E-state index in [-0.39, 0.29) is 0 Å². The van der Waals surface area contributed by atoms with Gasteiger partial charge in [-0.1, -0.05) is 140 Å². The lowest BCUT2D eigenvalue weighted by Crippen LogP contribution is -2.02. The third-order valence-electron chi connectivity index (χ3n) is 12.8. The zero-order valence-electron chi connectivity index (χ0n) is 34.1. The molecule has 0 N–H and O–H groups in total. The van der Waals surface area contributed by atoms with Gasteiger partial charge in [0.25, 0.3) is 0 Å². The summed E-state index contributed by atoms with van der Waals surface area (Å²) in [7, 11) is 0. The van der Waals surface area contributed by atoms with Gasteiger partial charge in [0, 0.05) is 49.2 Å². The standard InChI is InChI=1S/C58H33N3O3/c1-4-16-34(17-5-1)43-32-37(52-57-53(41-24-12-15-27-48(41)63-57)60-58(59-52)36-20-8-3-9-21-36)33-44(35-18-6-2-7-19-35)54(43)61-45-25-13-10-23-40(45)50-46(61)30-28-42-51-49(64-56(42)50)31-29-39-38-22-11-14-26-47(38)62-55(39)51/h1-33H. The topological polar surface area (TPSA) is 70.1 Å². The Balaban J connectivity index is 1.11. The molecule has 6 heteroatoms. The van der Waals surface area contributed by atoms with E-state index in [0.717, 1.165) is 127 Å². The van der Waals surface area contributed by atoms with Crippen LogP contribution in [0.4, 0.5) is 0 Å². The smallest absolute Gasteiger partial charge is 0.180 e. The molecule has 14 aromatic rings. The highest BCUT2D eigenvalue weighted by Gasteiger charge is 2.27. The van der Waals surface area contributed by atoms with Crippen LogP contribution in [0.15, 0.2) is 213 Å². The Hall–Kier alpha value is -8.74. The summed E-state index contributed by atoms with van der Waals surface area (Å²) < 4.78 is 22.7. The second-order valence-electron chi connectivity index (χ2n) is 16.4. The number of aromatic nitrogens is 3. The first-order valence-corrected chi connectivity index (χ1v) is 21.5. The summed E-state index contributed by atoms with van der Waals surface area (Å²) in [6, 6.07) is 69.7. The van der Waals surface area contributed by atoms with Crippen molar-refractivity contribution in [3.63, 3.8) is 0 Å². The van der Waals surface area contributed by atoms with E-state index in [1.165, 1.54) is 0 Å². The van der Waals surface area contributed by atoms with Crippen molar-refractivity contribution in [3.8, 4) is 50.6 Å². The average Bonchev–Trinajstić information content (AvgIpc) is 4.13. The van der Waals surface area contributed by atoms with E-state index in [4.69, 9.17) is 23.2 Å². The first-order chi connectivity index (χ1) is 31.7. The van der Waals surface area contributed by atoms with Crippen LogP contribution < -0.4 is 0 Å².